The lowest BCUT2D eigenvalue weighted by atomic mass is 9.98. The van der Waals surface area contributed by atoms with Crippen LogP contribution in [0.25, 0.3) is 0 Å². The average Bonchev–Trinajstić information content (AvgIpc) is 2.80. The van der Waals surface area contributed by atoms with Crippen molar-refractivity contribution >= 4 is 12.0 Å². The molecule has 0 aromatic heterocycles. The van der Waals surface area contributed by atoms with E-state index in [0.717, 1.165) is 12.8 Å². The fraction of sp³-hybridized carbons (Fsp3) is 0.846. The van der Waals surface area contributed by atoms with Gasteiger partial charge in [-0.3, -0.25) is 4.79 Å². The Morgan fingerprint density at radius 1 is 1.16 bits per heavy atom. The molecule has 2 atom stereocenters. The number of hydrogen-bond acceptors (Lipinski definition) is 3. The van der Waals surface area contributed by atoms with Crippen LogP contribution in [-0.4, -0.2) is 64.8 Å². The molecule has 6 nitrogen and oxygen atoms in total. The Hall–Kier alpha value is -1.30. The molecule has 0 spiro atoms. The van der Waals surface area contributed by atoms with Gasteiger partial charge in [0, 0.05) is 32.8 Å². The third-order valence-electron chi connectivity index (χ3n) is 4.34. The Kier molecular flexibility index (Phi) is 4.29. The van der Waals surface area contributed by atoms with E-state index >= 15 is 0 Å². The molecule has 0 bridgehead atoms. The third kappa shape index (κ3) is 3.00. The van der Waals surface area contributed by atoms with E-state index in [1.54, 1.807) is 9.80 Å². The van der Waals surface area contributed by atoms with Gasteiger partial charge in [-0.05, 0) is 24.7 Å². The largest absolute Gasteiger partial charge is 0.481 e. The van der Waals surface area contributed by atoms with Crippen molar-refractivity contribution in [1.29, 1.82) is 0 Å². The minimum atomic E-state index is -0.818. The molecule has 2 fully saturated rings. The zero-order valence-corrected chi connectivity index (χ0v) is 11.3. The molecule has 2 rings (SSSR count). The summed E-state index contributed by atoms with van der Waals surface area (Å²) in [5, 5.41) is 18.2. The first-order chi connectivity index (χ1) is 9.02. The van der Waals surface area contributed by atoms with Crippen molar-refractivity contribution in [2.75, 3.05) is 32.8 Å². The molecule has 6 heteroatoms. The average molecular weight is 270 g/mol. The second kappa shape index (κ2) is 5.77. The molecule has 2 N–H and O–H groups in total. The molecular formula is C13H22N2O4. The van der Waals surface area contributed by atoms with E-state index in [-0.39, 0.29) is 18.6 Å². The lowest BCUT2D eigenvalue weighted by Crippen LogP contribution is -2.46. The van der Waals surface area contributed by atoms with Gasteiger partial charge in [-0.2, -0.15) is 0 Å². The normalized spacial score (nSPS) is 28.7. The van der Waals surface area contributed by atoms with Gasteiger partial charge in [-0.25, -0.2) is 4.79 Å². The third-order valence-corrected chi connectivity index (χ3v) is 4.34. The fourth-order valence-electron chi connectivity index (χ4n) is 2.95. The number of aliphatic hydroxyl groups excluding tert-OH is 1. The van der Waals surface area contributed by atoms with E-state index in [0.29, 0.717) is 32.1 Å². The van der Waals surface area contributed by atoms with Crippen molar-refractivity contribution in [2.45, 2.75) is 19.8 Å². The number of carbonyl (C=O) groups is 2. The standard InChI is InChI=1S/C13H22N2O4/c1-9-6-15(7-11(9)12(17)18)13(19)14-4-2-10(8-16)3-5-14/h9-11,16H,2-8H2,1H3,(H,17,18). The maximum Gasteiger partial charge on any atom is 0.320 e. The van der Waals surface area contributed by atoms with Crippen LogP contribution in [0.4, 0.5) is 4.79 Å². The molecule has 19 heavy (non-hydrogen) atoms. The van der Waals surface area contributed by atoms with Crippen LogP contribution in [0.3, 0.4) is 0 Å². The van der Waals surface area contributed by atoms with Crippen LogP contribution in [0, 0.1) is 17.8 Å². The summed E-state index contributed by atoms with van der Waals surface area (Å²) >= 11 is 0. The first kappa shape index (κ1) is 14.1. The van der Waals surface area contributed by atoms with Gasteiger partial charge in [0.15, 0.2) is 0 Å². The van der Waals surface area contributed by atoms with Gasteiger partial charge in [0.25, 0.3) is 0 Å². The highest BCUT2D eigenvalue weighted by atomic mass is 16.4. The lowest BCUT2D eigenvalue weighted by molar-refractivity contribution is -0.142. The Labute approximate surface area is 113 Å². The molecular weight excluding hydrogens is 248 g/mol. The minimum Gasteiger partial charge on any atom is -0.481 e. The van der Waals surface area contributed by atoms with Crippen molar-refractivity contribution in [3.63, 3.8) is 0 Å². The molecule has 0 aliphatic carbocycles. The maximum atomic E-state index is 12.3. The van der Waals surface area contributed by atoms with Crippen molar-refractivity contribution in [3.8, 4) is 0 Å². The van der Waals surface area contributed by atoms with Gasteiger partial charge < -0.3 is 20.0 Å². The zero-order valence-electron chi connectivity index (χ0n) is 11.3. The number of aliphatic hydroxyl groups is 1. The van der Waals surface area contributed by atoms with E-state index in [9.17, 15) is 9.59 Å². The van der Waals surface area contributed by atoms with Gasteiger partial charge in [-0.1, -0.05) is 6.92 Å². The van der Waals surface area contributed by atoms with E-state index in [1.807, 2.05) is 6.92 Å². The van der Waals surface area contributed by atoms with Gasteiger partial charge in [0.05, 0.1) is 5.92 Å². The van der Waals surface area contributed by atoms with Crippen LogP contribution in [0.5, 0.6) is 0 Å². The molecule has 2 unspecified atom stereocenters. The Morgan fingerprint density at radius 2 is 1.79 bits per heavy atom. The molecule has 0 aromatic rings. The van der Waals surface area contributed by atoms with Gasteiger partial charge in [0.1, 0.15) is 0 Å². The molecule has 0 aromatic carbocycles. The maximum absolute atomic E-state index is 12.3. The number of nitrogens with zero attached hydrogens (tertiary/aromatic N) is 2. The smallest absolute Gasteiger partial charge is 0.320 e. The number of amides is 2. The number of carboxylic acid groups (broad SMARTS) is 1. The summed E-state index contributed by atoms with van der Waals surface area (Å²) in [5.74, 6) is -0.953. The topological polar surface area (TPSA) is 81.1 Å². The van der Waals surface area contributed by atoms with E-state index < -0.39 is 11.9 Å². The molecule has 0 radical (unpaired) electrons. The Morgan fingerprint density at radius 3 is 2.26 bits per heavy atom. The van der Waals surface area contributed by atoms with Gasteiger partial charge >= 0.3 is 12.0 Å². The van der Waals surface area contributed by atoms with Crippen LogP contribution in [0.2, 0.25) is 0 Å². The quantitative estimate of drug-likeness (QED) is 0.764. The number of carboxylic acids is 1. The number of urea groups is 1. The fourth-order valence-corrected chi connectivity index (χ4v) is 2.95. The summed E-state index contributed by atoms with van der Waals surface area (Å²) in [5.41, 5.74) is 0. The number of piperidine rings is 1. The number of carbonyl (C=O) groups excluding carboxylic acids is 1. The zero-order chi connectivity index (χ0) is 14.0. The molecule has 2 heterocycles. The molecule has 0 saturated carbocycles. The van der Waals surface area contributed by atoms with Crippen LogP contribution in [0.15, 0.2) is 0 Å². The van der Waals surface area contributed by atoms with Crippen molar-refractivity contribution in [1.82, 2.24) is 9.80 Å². The molecule has 2 aliphatic heterocycles. The van der Waals surface area contributed by atoms with Crippen molar-refractivity contribution < 1.29 is 19.8 Å². The summed E-state index contributed by atoms with van der Waals surface area (Å²) in [6.45, 7) is 4.22. The summed E-state index contributed by atoms with van der Waals surface area (Å²) in [6.07, 6.45) is 1.65. The van der Waals surface area contributed by atoms with Crippen LogP contribution in [0.1, 0.15) is 19.8 Å². The molecule has 2 amide bonds. The SMILES string of the molecule is CC1CN(C(=O)N2CCC(CO)CC2)CC1C(=O)O. The first-order valence-corrected chi connectivity index (χ1v) is 6.90. The first-order valence-electron chi connectivity index (χ1n) is 6.90. The number of aliphatic carboxylic acids is 1. The van der Waals surface area contributed by atoms with Crippen LogP contribution in [-0.2, 0) is 4.79 Å². The Bertz CT molecular complexity index is 353. The highest BCUT2D eigenvalue weighted by Crippen LogP contribution is 2.25. The van der Waals surface area contributed by atoms with Gasteiger partial charge in [0.2, 0.25) is 0 Å². The number of hydrogen-bond donors (Lipinski definition) is 2. The van der Waals surface area contributed by atoms with Crippen LogP contribution < -0.4 is 0 Å². The highest BCUT2D eigenvalue weighted by Gasteiger charge is 2.38. The van der Waals surface area contributed by atoms with E-state index in [4.69, 9.17) is 10.2 Å². The number of rotatable bonds is 2. The summed E-state index contributed by atoms with van der Waals surface area (Å²) < 4.78 is 0. The van der Waals surface area contributed by atoms with E-state index in [2.05, 4.69) is 0 Å². The molecule has 108 valence electrons. The van der Waals surface area contributed by atoms with E-state index in [1.165, 1.54) is 0 Å². The summed E-state index contributed by atoms with van der Waals surface area (Å²) in [7, 11) is 0. The monoisotopic (exact) mass is 270 g/mol. The second-order valence-corrected chi connectivity index (χ2v) is 5.72. The van der Waals surface area contributed by atoms with Crippen LogP contribution >= 0.6 is 0 Å². The highest BCUT2D eigenvalue weighted by molar-refractivity contribution is 5.77. The predicted octanol–water partition coefficient (Wildman–Crippen LogP) is 0.463. The number of likely N-dealkylation sites (tertiary alicyclic amines) is 2. The lowest BCUT2D eigenvalue weighted by Gasteiger charge is -2.34. The summed E-state index contributed by atoms with van der Waals surface area (Å²) in [4.78, 5) is 26.8. The van der Waals surface area contributed by atoms with Gasteiger partial charge in [-0.15, -0.1) is 0 Å². The van der Waals surface area contributed by atoms with Crippen molar-refractivity contribution in [3.05, 3.63) is 0 Å². The summed E-state index contributed by atoms with van der Waals surface area (Å²) in [6, 6.07) is -0.0491. The predicted molar refractivity (Wildman–Crippen MR) is 68.6 cm³/mol. The molecule has 2 aliphatic rings. The van der Waals surface area contributed by atoms with Crippen molar-refractivity contribution in [2.24, 2.45) is 17.8 Å². The Balaban J connectivity index is 1.89. The second-order valence-electron chi connectivity index (χ2n) is 5.72. The minimum absolute atomic E-state index is 0.0106. The molecule has 2 saturated heterocycles.